The summed E-state index contributed by atoms with van der Waals surface area (Å²) in [6, 6.07) is 12.9. The molecular weight excluding hydrogens is 390 g/mol. The molecule has 1 unspecified atom stereocenters. The van der Waals surface area contributed by atoms with Crippen LogP contribution in [0.3, 0.4) is 0 Å². The van der Waals surface area contributed by atoms with Crippen molar-refractivity contribution < 1.29 is 14.3 Å². The number of carbonyl (C=O) groups excluding carboxylic acids is 2. The summed E-state index contributed by atoms with van der Waals surface area (Å²) in [5.74, 6) is 2.76. The van der Waals surface area contributed by atoms with E-state index in [0.717, 1.165) is 24.9 Å². The Hall–Kier alpha value is -3.59. The van der Waals surface area contributed by atoms with Crippen molar-refractivity contribution in [3.05, 3.63) is 64.7 Å². The van der Waals surface area contributed by atoms with Gasteiger partial charge in [-0.1, -0.05) is 24.1 Å². The Bertz CT molecular complexity index is 1020. The molecule has 1 amide bonds. The normalized spacial score (nSPS) is 14.7. The molecule has 160 valence electrons. The standard InChI is InChI=1S/C25H27N3O3/c1-4-13-28(2)24(26)18-7-9-19(10-8-18)25(30)27-22-12-11-20-14-17(15-23(29)31-3)5-6-21(20)16-22/h1,7-12,16-17,26H,5-6,13-15H2,2-3H3,(H,27,30). The number of aryl methyl sites for hydroxylation is 1. The van der Waals surface area contributed by atoms with Gasteiger partial charge in [-0.25, -0.2) is 0 Å². The summed E-state index contributed by atoms with van der Waals surface area (Å²) in [5, 5.41) is 11.1. The second kappa shape index (κ2) is 9.94. The summed E-state index contributed by atoms with van der Waals surface area (Å²) in [5.41, 5.74) is 4.40. The van der Waals surface area contributed by atoms with Crippen molar-refractivity contribution in [2.24, 2.45) is 5.92 Å². The minimum Gasteiger partial charge on any atom is -0.469 e. The second-order valence-corrected chi connectivity index (χ2v) is 7.81. The lowest BCUT2D eigenvalue weighted by Crippen LogP contribution is -2.27. The molecule has 0 radical (unpaired) electrons. The number of rotatable bonds is 6. The zero-order valence-corrected chi connectivity index (χ0v) is 17.9. The SMILES string of the molecule is C#CCN(C)C(=N)c1ccc(C(=O)Nc2ccc3c(c2)CCC(CC(=O)OC)C3)cc1. The van der Waals surface area contributed by atoms with Crippen molar-refractivity contribution >= 4 is 23.4 Å². The Morgan fingerprint density at radius 2 is 1.90 bits per heavy atom. The van der Waals surface area contributed by atoms with Gasteiger partial charge in [-0.15, -0.1) is 6.42 Å². The maximum atomic E-state index is 12.7. The Kier molecular flexibility index (Phi) is 7.09. The number of methoxy groups -OCH3 is 1. The molecule has 3 rings (SSSR count). The van der Waals surface area contributed by atoms with E-state index in [-0.39, 0.29) is 11.9 Å². The van der Waals surface area contributed by atoms with Gasteiger partial charge in [-0.2, -0.15) is 0 Å². The van der Waals surface area contributed by atoms with Crippen LogP contribution in [0.2, 0.25) is 0 Å². The average molecular weight is 418 g/mol. The van der Waals surface area contributed by atoms with Gasteiger partial charge in [0.15, 0.2) is 0 Å². The number of benzene rings is 2. The molecule has 0 fully saturated rings. The first-order chi connectivity index (χ1) is 14.9. The smallest absolute Gasteiger partial charge is 0.305 e. The van der Waals surface area contributed by atoms with Crippen LogP contribution in [0.25, 0.3) is 0 Å². The number of nitrogens with one attached hydrogen (secondary N) is 2. The molecule has 1 aliphatic rings. The average Bonchev–Trinajstić information content (AvgIpc) is 2.78. The van der Waals surface area contributed by atoms with Crippen molar-refractivity contribution in [2.45, 2.75) is 25.7 Å². The number of anilines is 1. The molecule has 6 nitrogen and oxygen atoms in total. The molecule has 2 aromatic carbocycles. The highest BCUT2D eigenvalue weighted by Gasteiger charge is 2.22. The van der Waals surface area contributed by atoms with E-state index >= 15 is 0 Å². The molecule has 2 aromatic rings. The summed E-state index contributed by atoms with van der Waals surface area (Å²) in [4.78, 5) is 25.8. The lowest BCUT2D eigenvalue weighted by atomic mass is 9.82. The quantitative estimate of drug-likeness (QED) is 0.326. The van der Waals surface area contributed by atoms with E-state index in [1.807, 2.05) is 18.2 Å². The summed E-state index contributed by atoms with van der Waals surface area (Å²) >= 11 is 0. The molecule has 1 aliphatic carbocycles. The minimum absolute atomic E-state index is 0.166. The van der Waals surface area contributed by atoms with Gasteiger partial charge in [0.05, 0.1) is 13.7 Å². The number of hydrogen-bond acceptors (Lipinski definition) is 4. The van der Waals surface area contributed by atoms with E-state index in [1.54, 1.807) is 36.2 Å². The highest BCUT2D eigenvalue weighted by molar-refractivity contribution is 6.05. The van der Waals surface area contributed by atoms with Crippen molar-refractivity contribution in [1.82, 2.24) is 4.90 Å². The zero-order valence-electron chi connectivity index (χ0n) is 17.9. The molecular formula is C25H27N3O3. The van der Waals surface area contributed by atoms with Crippen LogP contribution in [-0.2, 0) is 22.4 Å². The van der Waals surface area contributed by atoms with Gasteiger partial charge in [0, 0.05) is 30.3 Å². The monoisotopic (exact) mass is 417 g/mol. The molecule has 0 saturated carbocycles. The summed E-state index contributed by atoms with van der Waals surface area (Å²) in [6.07, 6.45) is 8.40. The number of terminal acetylenes is 1. The van der Waals surface area contributed by atoms with E-state index in [2.05, 4.69) is 11.2 Å². The van der Waals surface area contributed by atoms with E-state index in [4.69, 9.17) is 16.6 Å². The number of amides is 1. The highest BCUT2D eigenvalue weighted by atomic mass is 16.5. The zero-order chi connectivity index (χ0) is 22.4. The molecule has 0 aliphatic heterocycles. The molecule has 0 saturated heterocycles. The van der Waals surface area contributed by atoms with Crippen LogP contribution in [0.1, 0.15) is 39.9 Å². The summed E-state index contributed by atoms with van der Waals surface area (Å²) in [7, 11) is 3.18. The van der Waals surface area contributed by atoms with E-state index < -0.39 is 0 Å². The van der Waals surface area contributed by atoms with Crippen molar-refractivity contribution in [3.63, 3.8) is 0 Å². The van der Waals surface area contributed by atoms with Crippen LogP contribution in [0.15, 0.2) is 42.5 Å². The van der Waals surface area contributed by atoms with Crippen LogP contribution in [0.5, 0.6) is 0 Å². The van der Waals surface area contributed by atoms with Gasteiger partial charge in [0.1, 0.15) is 5.84 Å². The van der Waals surface area contributed by atoms with Gasteiger partial charge in [-0.3, -0.25) is 15.0 Å². The largest absolute Gasteiger partial charge is 0.469 e. The van der Waals surface area contributed by atoms with Crippen LogP contribution >= 0.6 is 0 Å². The van der Waals surface area contributed by atoms with Crippen LogP contribution < -0.4 is 5.32 Å². The number of hydrogen-bond donors (Lipinski definition) is 2. The molecule has 0 spiro atoms. The first-order valence-corrected chi connectivity index (χ1v) is 10.2. The molecule has 31 heavy (non-hydrogen) atoms. The van der Waals surface area contributed by atoms with E-state index in [0.29, 0.717) is 35.8 Å². The summed E-state index contributed by atoms with van der Waals surface area (Å²) in [6.45, 7) is 0.350. The lowest BCUT2D eigenvalue weighted by Gasteiger charge is -2.24. The second-order valence-electron chi connectivity index (χ2n) is 7.81. The fraction of sp³-hybridized carbons (Fsp3) is 0.320. The maximum absolute atomic E-state index is 12.7. The van der Waals surface area contributed by atoms with Crippen LogP contribution in [0, 0.1) is 23.7 Å². The fourth-order valence-electron chi connectivity index (χ4n) is 3.82. The minimum atomic E-state index is -0.200. The number of amidine groups is 1. The maximum Gasteiger partial charge on any atom is 0.305 e. The topological polar surface area (TPSA) is 82.5 Å². The molecule has 1 atom stereocenters. The molecule has 0 aromatic heterocycles. The number of ether oxygens (including phenoxy) is 1. The van der Waals surface area contributed by atoms with Gasteiger partial charge < -0.3 is 15.0 Å². The number of esters is 1. The van der Waals surface area contributed by atoms with Crippen molar-refractivity contribution in [3.8, 4) is 12.3 Å². The third-order valence-electron chi connectivity index (χ3n) is 5.61. The molecule has 6 heteroatoms. The van der Waals surface area contributed by atoms with E-state index in [9.17, 15) is 9.59 Å². The number of fused-ring (bicyclic) bond motifs is 1. The third-order valence-corrected chi connectivity index (χ3v) is 5.61. The van der Waals surface area contributed by atoms with Gasteiger partial charge >= 0.3 is 5.97 Å². The highest BCUT2D eigenvalue weighted by Crippen LogP contribution is 2.30. The Labute approximate surface area is 183 Å². The first-order valence-electron chi connectivity index (χ1n) is 10.2. The predicted molar refractivity (Wildman–Crippen MR) is 121 cm³/mol. The van der Waals surface area contributed by atoms with Gasteiger partial charge in [0.25, 0.3) is 5.91 Å². The molecule has 2 N–H and O–H groups in total. The summed E-state index contributed by atoms with van der Waals surface area (Å²) < 4.78 is 4.78. The Balaban J connectivity index is 1.63. The van der Waals surface area contributed by atoms with Crippen molar-refractivity contribution in [2.75, 3.05) is 26.0 Å². The molecule has 0 heterocycles. The third kappa shape index (κ3) is 5.52. The molecule has 0 bridgehead atoms. The Morgan fingerprint density at radius 3 is 2.58 bits per heavy atom. The predicted octanol–water partition coefficient (Wildman–Crippen LogP) is 3.50. The van der Waals surface area contributed by atoms with Crippen molar-refractivity contribution in [1.29, 1.82) is 5.41 Å². The lowest BCUT2D eigenvalue weighted by molar-refractivity contribution is -0.141. The first kappa shape index (κ1) is 22.1. The van der Waals surface area contributed by atoms with Gasteiger partial charge in [0.2, 0.25) is 0 Å². The van der Waals surface area contributed by atoms with Crippen LogP contribution in [-0.4, -0.2) is 43.3 Å². The number of carbonyl (C=O) groups is 2. The fourth-order valence-corrected chi connectivity index (χ4v) is 3.82. The Morgan fingerprint density at radius 1 is 1.19 bits per heavy atom. The van der Waals surface area contributed by atoms with E-state index in [1.165, 1.54) is 18.2 Å². The van der Waals surface area contributed by atoms with Gasteiger partial charge in [-0.05, 0) is 60.6 Å². The number of nitrogens with zero attached hydrogens (tertiary/aromatic N) is 1. The van der Waals surface area contributed by atoms with Crippen LogP contribution in [0.4, 0.5) is 5.69 Å².